The quantitative estimate of drug-likeness (QED) is 0.620. The lowest BCUT2D eigenvalue weighted by Gasteiger charge is -2.31. The molecule has 0 saturated heterocycles. The van der Waals surface area contributed by atoms with Crippen LogP contribution in [0.3, 0.4) is 0 Å². The highest BCUT2D eigenvalue weighted by molar-refractivity contribution is 6.26. The highest BCUT2D eigenvalue weighted by atomic mass is 19.1. The zero-order valence-corrected chi connectivity index (χ0v) is 18.0. The zero-order chi connectivity index (χ0) is 22.8. The zero-order valence-electron chi connectivity index (χ0n) is 18.0. The van der Waals surface area contributed by atoms with Crippen molar-refractivity contribution in [1.29, 1.82) is 0 Å². The molecule has 3 aromatic rings. The molecule has 0 unspecified atom stereocenters. The Kier molecular flexibility index (Phi) is 5.90. The number of nitrogens with zero attached hydrogens (tertiary/aromatic N) is 2. The third-order valence-electron chi connectivity index (χ3n) is 5.84. The minimum absolute atomic E-state index is 0.129. The van der Waals surface area contributed by atoms with Crippen molar-refractivity contribution in [2.24, 2.45) is 0 Å². The maximum Gasteiger partial charge on any atom is 0.259 e. The number of hydrogen-bond donors (Lipinski definition) is 1. The predicted octanol–water partition coefficient (Wildman–Crippen LogP) is 3.49. The first kappa shape index (κ1) is 21.5. The van der Waals surface area contributed by atoms with E-state index in [1.165, 1.54) is 29.0 Å². The summed E-state index contributed by atoms with van der Waals surface area (Å²) >= 11 is 0. The number of nitrogens with one attached hydrogen (secondary N) is 1. The molecule has 4 rings (SSSR count). The molecule has 164 valence electrons. The standard InChI is InChI=1S/C25H24FN3O3/c1-3-20(24(31)27-2)28(14-16-10-12-18(26)13-11-16)22(30)15-29-21-9-5-7-17-6-4-8-19(23(17)21)25(29)32/h4-13,20H,3,14-15H2,1-2H3,(H,27,31)/t20-/m0/s1. The molecule has 3 amide bonds. The van der Waals surface area contributed by atoms with Gasteiger partial charge in [-0.2, -0.15) is 0 Å². The van der Waals surface area contributed by atoms with Crippen LogP contribution in [0.5, 0.6) is 0 Å². The third-order valence-corrected chi connectivity index (χ3v) is 5.84. The number of carbonyl (C=O) groups is 3. The van der Waals surface area contributed by atoms with Gasteiger partial charge in [-0.3, -0.25) is 19.3 Å². The lowest BCUT2D eigenvalue weighted by atomic mass is 10.1. The molecule has 1 N–H and O–H groups in total. The van der Waals surface area contributed by atoms with Crippen molar-refractivity contribution in [2.75, 3.05) is 18.5 Å². The number of hydrogen-bond acceptors (Lipinski definition) is 3. The van der Waals surface area contributed by atoms with E-state index in [1.807, 2.05) is 37.3 Å². The molecular weight excluding hydrogens is 409 g/mol. The Morgan fingerprint density at radius 3 is 2.41 bits per heavy atom. The molecule has 0 spiro atoms. The normalized spacial score (nSPS) is 13.3. The van der Waals surface area contributed by atoms with Crippen LogP contribution in [0.2, 0.25) is 0 Å². The van der Waals surface area contributed by atoms with Gasteiger partial charge in [-0.1, -0.05) is 43.3 Å². The Morgan fingerprint density at radius 2 is 1.75 bits per heavy atom. The molecule has 0 saturated carbocycles. The van der Waals surface area contributed by atoms with Crippen LogP contribution < -0.4 is 10.2 Å². The van der Waals surface area contributed by atoms with Crippen molar-refractivity contribution in [3.05, 3.63) is 77.6 Å². The highest BCUT2D eigenvalue weighted by Gasteiger charge is 2.34. The minimum atomic E-state index is -0.714. The lowest BCUT2D eigenvalue weighted by Crippen LogP contribution is -2.51. The first-order chi connectivity index (χ1) is 15.4. The van der Waals surface area contributed by atoms with E-state index in [9.17, 15) is 18.8 Å². The van der Waals surface area contributed by atoms with Gasteiger partial charge in [-0.05, 0) is 41.6 Å². The Labute approximate surface area is 185 Å². The topological polar surface area (TPSA) is 69.7 Å². The van der Waals surface area contributed by atoms with Crippen molar-refractivity contribution >= 4 is 34.2 Å². The van der Waals surface area contributed by atoms with Crippen LogP contribution in [0.4, 0.5) is 10.1 Å². The van der Waals surface area contributed by atoms with Crippen molar-refractivity contribution in [2.45, 2.75) is 25.9 Å². The number of amides is 3. The highest BCUT2D eigenvalue weighted by Crippen LogP contribution is 2.37. The van der Waals surface area contributed by atoms with E-state index in [1.54, 1.807) is 18.2 Å². The molecule has 0 radical (unpaired) electrons. The average molecular weight is 433 g/mol. The van der Waals surface area contributed by atoms with Gasteiger partial charge < -0.3 is 10.2 Å². The number of benzene rings is 3. The fraction of sp³-hybridized carbons (Fsp3) is 0.240. The lowest BCUT2D eigenvalue weighted by molar-refractivity contribution is -0.140. The number of likely N-dealkylation sites (N-methyl/N-ethyl adjacent to an activating group) is 1. The molecule has 6 nitrogen and oxygen atoms in total. The van der Waals surface area contributed by atoms with E-state index in [4.69, 9.17) is 0 Å². The Hall–Kier alpha value is -3.74. The minimum Gasteiger partial charge on any atom is -0.357 e. The first-order valence-corrected chi connectivity index (χ1v) is 10.5. The molecule has 0 aliphatic carbocycles. The number of anilines is 1. The largest absolute Gasteiger partial charge is 0.357 e. The number of halogens is 1. The van der Waals surface area contributed by atoms with Gasteiger partial charge in [0.15, 0.2) is 0 Å². The molecule has 0 fully saturated rings. The monoisotopic (exact) mass is 433 g/mol. The van der Waals surface area contributed by atoms with Crippen LogP contribution in [0.25, 0.3) is 10.8 Å². The molecule has 0 bridgehead atoms. The van der Waals surface area contributed by atoms with E-state index < -0.39 is 6.04 Å². The van der Waals surface area contributed by atoms with Gasteiger partial charge in [-0.25, -0.2) is 4.39 Å². The van der Waals surface area contributed by atoms with Crippen LogP contribution in [-0.4, -0.2) is 42.3 Å². The van der Waals surface area contributed by atoms with Gasteiger partial charge in [0.1, 0.15) is 18.4 Å². The molecule has 7 heteroatoms. The smallest absolute Gasteiger partial charge is 0.259 e. The van der Waals surface area contributed by atoms with Crippen LogP contribution in [0, 0.1) is 5.82 Å². The van der Waals surface area contributed by atoms with E-state index in [-0.39, 0.29) is 36.6 Å². The fourth-order valence-corrected chi connectivity index (χ4v) is 4.23. The summed E-state index contributed by atoms with van der Waals surface area (Å²) < 4.78 is 13.4. The molecule has 0 aromatic heterocycles. The predicted molar refractivity (Wildman–Crippen MR) is 121 cm³/mol. The van der Waals surface area contributed by atoms with Crippen molar-refractivity contribution in [3.63, 3.8) is 0 Å². The molecule has 1 heterocycles. The van der Waals surface area contributed by atoms with Crippen molar-refractivity contribution < 1.29 is 18.8 Å². The van der Waals surface area contributed by atoms with Gasteiger partial charge in [0.05, 0.1) is 5.69 Å². The van der Waals surface area contributed by atoms with Gasteiger partial charge in [0, 0.05) is 24.5 Å². The maximum absolute atomic E-state index is 13.5. The van der Waals surface area contributed by atoms with Crippen molar-refractivity contribution in [1.82, 2.24) is 10.2 Å². The summed E-state index contributed by atoms with van der Waals surface area (Å²) in [5.41, 5.74) is 1.95. The van der Waals surface area contributed by atoms with Crippen LogP contribution in [0.15, 0.2) is 60.7 Å². The van der Waals surface area contributed by atoms with E-state index in [0.29, 0.717) is 23.2 Å². The van der Waals surface area contributed by atoms with Gasteiger partial charge >= 0.3 is 0 Å². The first-order valence-electron chi connectivity index (χ1n) is 10.5. The second-order valence-corrected chi connectivity index (χ2v) is 7.76. The molecular formula is C25H24FN3O3. The van der Waals surface area contributed by atoms with Crippen molar-refractivity contribution in [3.8, 4) is 0 Å². The molecule has 1 atom stereocenters. The summed E-state index contributed by atoms with van der Waals surface area (Å²) in [6, 6.07) is 16.2. The van der Waals surface area contributed by atoms with E-state index in [2.05, 4.69) is 5.32 Å². The summed E-state index contributed by atoms with van der Waals surface area (Å²) in [6.45, 7) is 1.76. The summed E-state index contributed by atoms with van der Waals surface area (Å²) in [6.07, 6.45) is 0.399. The van der Waals surface area contributed by atoms with E-state index >= 15 is 0 Å². The Balaban J connectivity index is 1.65. The molecule has 1 aliphatic rings. The third kappa shape index (κ3) is 3.82. The second-order valence-electron chi connectivity index (χ2n) is 7.76. The summed E-state index contributed by atoms with van der Waals surface area (Å²) in [5.74, 6) is -1.26. The van der Waals surface area contributed by atoms with Crippen LogP contribution >= 0.6 is 0 Å². The average Bonchev–Trinajstić information content (AvgIpc) is 3.08. The van der Waals surface area contributed by atoms with Gasteiger partial charge in [0.25, 0.3) is 5.91 Å². The number of carbonyl (C=O) groups excluding carboxylic acids is 3. The van der Waals surface area contributed by atoms with E-state index in [0.717, 1.165) is 10.8 Å². The number of rotatable bonds is 7. The fourth-order valence-electron chi connectivity index (χ4n) is 4.23. The van der Waals surface area contributed by atoms with Crippen LogP contribution in [0.1, 0.15) is 29.3 Å². The Bertz CT molecular complexity index is 1190. The molecule has 3 aromatic carbocycles. The van der Waals surface area contributed by atoms with Gasteiger partial charge in [-0.15, -0.1) is 0 Å². The molecule has 1 aliphatic heterocycles. The van der Waals surface area contributed by atoms with Crippen LogP contribution in [-0.2, 0) is 16.1 Å². The second kappa shape index (κ2) is 8.78. The summed E-state index contributed by atoms with van der Waals surface area (Å²) in [5, 5.41) is 4.37. The SMILES string of the molecule is CC[C@@H](C(=O)NC)N(Cc1ccc(F)cc1)C(=O)CN1C(=O)c2cccc3cccc1c23. The Morgan fingerprint density at radius 1 is 1.06 bits per heavy atom. The summed E-state index contributed by atoms with van der Waals surface area (Å²) in [7, 11) is 1.52. The molecule has 32 heavy (non-hydrogen) atoms. The maximum atomic E-state index is 13.5. The summed E-state index contributed by atoms with van der Waals surface area (Å²) in [4.78, 5) is 42.0. The van der Waals surface area contributed by atoms with Gasteiger partial charge in [0.2, 0.25) is 11.8 Å².